The third-order valence-corrected chi connectivity index (χ3v) is 7.88. The highest BCUT2D eigenvalue weighted by Crippen LogP contribution is 2.07. The molecule has 0 aliphatic carbocycles. The molecule has 1 aromatic carbocycles. The Morgan fingerprint density at radius 1 is 0.607 bits per heavy atom. The molecular formula is C34H51N9O13. The van der Waals surface area contributed by atoms with Crippen LogP contribution in [0.2, 0.25) is 0 Å². The molecule has 0 spiro atoms. The Labute approximate surface area is 321 Å². The molecule has 22 nitrogen and oxygen atoms in total. The second kappa shape index (κ2) is 25.0. The van der Waals surface area contributed by atoms with Crippen LogP contribution in [0.15, 0.2) is 30.3 Å². The Balaban J connectivity index is 3.00. The van der Waals surface area contributed by atoms with Crippen LogP contribution in [0.3, 0.4) is 0 Å². The first kappa shape index (κ1) is 47.9. The summed E-state index contributed by atoms with van der Waals surface area (Å²) in [5, 5.41) is 43.4. The molecule has 0 saturated carbocycles. The quantitative estimate of drug-likeness (QED) is 0.0396. The van der Waals surface area contributed by atoms with E-state index in [2.05, 4.69) is 37.2 Å². The Hall–Kier alpha value is -6.16. The minimum Gasteiger partial charge on any atom is -0.481 e. The molecule has 6 atom stereocenters. The first-order valence-corrected chi connectivity index (χ1v) is 17.6. The Kier molecular flexibility index (Phi) is 21.4. The summed E-state index contributed by atoms with van der Waals surface area (Å²) >= 11 is 0. The Bertz CT molecular complexity index is 1560. The van der Waals surface area contributed by atoms with Crippen molar-refractivity contribution in [2.75, 3.05) is 19.6 Å². The molecule has 1 rings (SSSR count). The van der Waals surface area contributed by atoms with Gasteiger partial charge in [-0.2, -0.15) is 0 Å². The molecule has 0 bridgehead atoms. The van der Waals surface area contributed by atoms with Crippen LogP contribution >= 0.6 is 0 Å². The Morgan fingerprint density at radius 2 is 1.16 bits per heavy atom. The van der Waals surface area contributed by atoms with Crippen molar-refractivity contribution in [3.63, 3.8) is 0 Å². The lowest BCUT2D eigenvalue weighted by atomic mass is 10.0. The summed E-state index contributed by atoms with van der Waals surface area (Å²) < 4.78 is 0. The van der Waals surface area contributed by atoms with E-state index in [1.165, 1.54) is 13.8 Å². The summed E-state index contributed by atoms with van der Waals surface area (Å²) in [5.41, 5.74) is 12.2. The van der Waals surface area contributed by atoms with Gasteiger partial charge in [0.25, 0.3) is 0 Å². The minimum absolute atomic E-state index is 0.0231. The molecule has 0 radical (unpaired) electrons. The average Bonchev–Trinajstić information content (AvgIpc) is 3.13. The number of nitrogens with one attached hydrogen (secondary N) is 7. The third-order valence-electron chi connectivity index (χ3n) is 7.88. The number of carboxylic acids is 3. The standard InChI is InChI=1S/C34H51N9O13/c1-18(29(50)38-16-25(44)37-17-26(45)39-19(2)34(55)56)40-31(52)22(10-6-7-13-35)41-32(53)23(11-12-27(46)47)42-33(54)24(15-28(48)49)43-30(51)21(36)14-20-8-4-3-5-9-20/h3-5,8-9,18-19,21-24H,6-7,10-17,35-36H2,1-2H3,(H,37,44)(H,38,50)(H,39,45)(H,40,52)(H,41,53)(H,42,54)(H,43,51)(H,46,47)(H,48,49)(H,55,56)/t18-,19-,21-,22-,23-,24-/m0/s1. The molecule has 0 fully saturated rings. The lowest BCUT2D eigenvalue weighted by molar-refractivity contribution is -0.141. The van der Waals surface area contributed by atoms with Crippen molar-refractivity contribution >= 4 is 59.3 Å². The van der Waals surface area contributed by atoms with Gasteiger partial charge < -0.3 is 64.0 Å². The van der Waals surface area contributed by atoms with Crippen molar-refractivity contribution in [2.24, 2.45) is 11.5 Å². The molecular weight excluding hydrogens is 742 g/mol. The van der Waals surface area contributed by atoms with E-state index >= 15 is 0 Å². The molecule has 0 aliphatic rings. The molecule has 14 N–H and O–H groups in total. The van der Waals surface area contributed by atoms with Gasteiger partial charge in [-0.25, -0.2) is 0 Å². The maximum absolute atomic E-state index is 13.5. The van der Waals surface area contributed by atoms with Crippen LogP contribution in [0.5, 0.6) is 0 Å². The first-order chi connectivity index (χ1) is 26.3. The maximum Gasteiger partial charge on any atom is 0.325 e. The SMILES string of the molecule is C[C@H](NC(=O)CNC(=O)CNC(=O)[C@H](C)NC(=O)[C@H](CCCCN)NC(=O)[C@H](CCC(=O)O)NC(=O)[C@H](CC(=O)O)NC(=O)[C@@H](N)Cc1ccccc1)C(=O)O. The Morgan fingerprint density at radius 3 is 1.73 bits per heavy atom. The number of hydrogen-bond donors (Lipinski definition) is 12. The summed E-state index contributed by atoms with van der Waals surface area (Å²) in [6.07, 6.45) is -1.32. The molecule has 7 amide bonds. The van der Waals surface area contributed by atoms with Gasteiger partial charge in [0.1, 0.15) is 30.2 Å². The van der Waals surface area contributed by atoms with Crippen LogP contribution in [0.1, 0.15) is 57.9 Å². The van der Waals surface area contributed by atoms with Crippen molar-refractivity contribution in [3.8, 4) is 0 Å². The fourth-order valence-corrected chi connectivity index (χ4v) is 4.76. The smallest absolute Gasteiger partial charge is 0.325 e. The number of carbonyl (C=O) groups is 10. The second-order valence-corrected chi connectivity index (χ2v) is 12.6. The van der Waals surface area contributed by atoms with Crippen LogP contribution in [0.4, 0.5) is 0 Å². The maximum atomic E-state index is 13.5. The lowest BCUT2D eigenvalue weighted by Gasteiger charge is -2.26. The summed E-state index contributed by atoms with van der Waals surface area (Å²) in [6.45, 7) is 1.52. The summed E-state index contributed by atoms with van der Waals surface area (Å²) in [6, 6.07) is 0.232. The third kappa shape index (κ3) is 19.3. The number of carboxylic acid groups (broad SMARTS) is 3. The van der Waals surface area contributed by atoms with Crippen LogP contribution in [0.25, 0.3) is 0 Å². The lowest BCUT2D eigenvalue weighted by Crippen LogP contribution is -2.59. The van der Waals surface area contributed by atoms with E-state index in [1.807, 2.05) is 0 Å². The molecule has 56 heavy (non-hydrogen) atoms. The van der Waals surface area contributed by atoms with Gasteiger partial charge in [0, 0.05) is 6.42 Å². The van der Waals surface area contributed by atoms with E-state index in [9.17, 15) is 58.2 Å². The van der Waals surface area contributed by atoms with E-state index in [0.717, 1.165) is 0 Å². The monoisotopic (exact) mass is 793 g/mol. The minimum atomic E-state index is -1.73. The predicted molar refractivity (Wildman–Crippen MR) is 195 cm³/mol. The molecule has 0 unspecified atom stereocenters. The van der Waals surface area contributed by atoms with E-state index < -0.39 is 128 Å². The summed E-state index contributed by atoms with van der Waals surface area (Å²) in [4.78, 5) is 123. The van der Waals surface area contributed by atoms with E-state index in [-0.39, 0.29) is 19.4 Å². The highest BCUT2D eigenvalue weighted by molar-refractivity contribution is 5.97. The van der Waals surface area contributed by atoms with Gasteiger partial charge >= 0.3 is 17.9 Å². The predicted octanol–water partition coefficient (Wildman–Crippen LogP) is -4.19. The highest BCUT2D eigenvalue weighted by Gasteiger charge is 2.32. The normalized spacial score (nSPS) is 13.9. The number of aliphatic carboxylic acids is 3. The first-order valence-electron chi connectivity index (χ1n) is 17.6. The van der Waals surface area contributed by atoms with Gasteiger partial charge in [-0.15, -0.1) is 0 Å². The summed E-state index contributed by atoms with van der Waals surface area (Å²) in [5.74, 6) is -10.5. The zero-order valence-electron chi connectivity index (χ0n) is 31.0. The highest BCUT2D eigenvalue weighted by atomic mass is 16.4. The van der Waals surface area contributed by atoms with Crippen LogP contribution in [-0.4, -0.2) is 130 Å². The largest absolute Gasteiger partial charge is 0.481 e. The van der Waals surface area contributed by atoms with Crippen molar-refractivity contribution < 1.29 is 63.3 Å². The second-order valence-electron chi connectivity index (χ2n) is 12.6. The van der Waals surface area contributed by atoms with E-state index in [1.54, 1.807) is 30.3 Å². The van der Waals surface area contributed by atoms with E-state index in [0.29, 0.717) is 18.4 Å². The molecule has 0 aliphatic heterocycles. The molecule has 0 heterocycles. The van der Waals surface area contributed by atoms with Crippen molar-refractivity contribution in [1.29, 1.82) is 0 Å². The number of nitrogens with two attached hydrogens (primary N) is 2. The van der Waals surface area contributed by atoms with Gasteiger partial charge in [0.05, 0.1) is 25.6 Å². The van der Waals surface area contributed by atoms with Gasteiger partial charge in [0.2, 0.25) is 41.4 Å². The fraction of sp³-hybridized carbons (Fsp3) is 0.529. The van der Waals surface area contributed by atoms with Gasteiger partial charge in [-0.05, 0) is 58.1 Å². The number of carbonyl (C=O) groups excluding carboxylic acids is 7. The van der Waals surface area contributed by atoms with Crippen LogP contribution < -0.4 is 48.7 Å². The van der Waals surface area contributed by atoms with Gasteiger partial charge in [-0.1, -0.05) is 30.3 Å². The van der Waals surface area contributed by atoms with E-state index in [4.69, 9.17) is 16.6 Å². The van der Waals surface area contributed by atoms with Crippen molar-refractivity contribution in [1.82, 2.24) is 37.2 Å². The molecule has 0 saturated heterocycles. The number of rotatable bonds is 26. The van der Waals surface area contributed by atoms with Crippen LogP contribution in [-0.2, 0) is 54.4 Å². The zero-order valence-corrected chi connectivity index (χ0v) is 31.0. The van der Waals surface area contributed by atoms with Gasteiger partial charge in [-0.3, -0.25) is 47.9 Å². The zero-order chi connectivity index (χ0) is 42.4. The molecule has 22 heteroatoms. The van der Waals surface area contributed by atoms with Crippen molar-refractivity contribution in [3.05, 3.63) is 35.9 Å². The number of benzene rings is 1. The fourth-order valence-electron chi connectivity index (χ4n) is 4.76. The van der Waals surface area contributed by atoms with Crippen LogP contribution in [0, 0.1) is 0 Å². The molecule has 0 aromatic heterocycles. The molecule has 1 aromatic rings. The van der Waals surface area contributed by atoms with Gasteiger partial charge in [0.15, 0.2) is 0 Å². The number of unbranched alkanes of at least 4 members (excludes halogenated alkanes) is 1. The molecule has 310 valence electrons. The topological polar surface area (TPSA) is 368 Å². The number of hydrogen-bond acceptors (Lipinski definition) is 12. The average molecular weight is 794 g/mol. The van der Waals surface area contributed by atoms with Crippen molar-refractivity contribution in [2.45, 2.75) is 95.0 Å². The number of amides is 7. The summed E-state index contributed by atoms with van der Waals surface area (Å²) in [7, 11) is 0.